The summed E-state index contributed by atoms with van der Waals surface area (Å²) in [6.45, 7) is 11.3. The molecule has 1 fully saturated rings. The second-order valence-corrected chi connectivity index (χ2v) is 4.91. The molecule has 0 aromatic heterocycles. The maximum absolute atomic E-state index is 3.57. The van der Waals surface area contributed by atoms with Crippen LogP contribution in [0.3, 0.4) is 0 Å². The molecule has 2 heteroatoms. The van der Waals surface area contributed by atoms with Crippen molar-refractivity contribution < 1.29 is 0 Å². The number of hydrogen-bond acceptors (Lipinski definition) is 2. The zero-order valence-electron chi connectivity index (χ0n) is 10.5. The van der Waals surface area contributed by atoms with Crippen LogP contribution in [0.5, 0.6) is 0 Å². The van der Waals surface area contributed by atoms with Gasteiger partial charge in [0.05, 0.1) is 0 Å². The van der Waals surface area contributed by atoms with Gasteiger partial charge in [-0.05, 0) is 38.8 Å². The first kappa shape index (κ1) is 12.7. The van der Waals surface area contributed by atoms with E-state index in [4.69, 9.17) is 0 Å². The van der Waals surface area contributed by atoms with E-state index in [1.54, 1.807) is 0 Å². The Labute approximate surface area is 94.7 Å². The summed E-state index contributed by atoms with van der Waals surface area (Å²) in [6.07, 6.45) is 7.14. The zero-order valence-corrected chi connectivity index (χ0v) is 10.5. The quantitative estimate of drug-likeness (QED) is 0.677. The normalized spacial score (nSPS) is 23.3. The summed E-state index contributed by atoms with van der Waals surface area (Å²) in [4.78, 5) is 2.59. The third-order valence-electron chi connectivity index (χ3n) is 3.01. The molecule has 0 aliphatic carbocycles. The van der Waals surface area contributed by atoms with Gasteiger partial charge in [0.25, 0.3) is 0 Å². The molecule has 1 N–H and O–H groups in total. The second kappa shape index (κ2) is 7.02. The minimum Gasteiger partial charge on any atom is -0.315 e. The highest BCUT2D eigenvalue weighted by molar-refractivity contribution is 4.88. The van der Waals surface area contributed by atoms with Gasteiger partial charge in [-0.3, -0.25) is 4.90 Å². The standard InChI is InChI=1S/C13H26N2/c1-4-5-8-15-9-6-7-13(15)11-14-10-12(2)3/h4-5,12-14H,6-11H2,1-3H3/b5-4+. The molecule has 2 nitrogen and oxygen atoms in total. The Morgan fingerprint density at radius 3 is 2.93 bits per heavy atom. The van der Waals surface area contributed by atoms with Gasteiger partial charge in [0, 0.05) is 19.1 Å². The molecule has 0 amide bonds. The fourth-order valence-electron chi connectivity index (χ4n) is 2.15. The molecule has 1 heterocycles. The van der Waals surface area contributed by atoms with E-state index < -0.39 is 0 Å². The van der Waals surface area contributed by atoms with E-state index >= 15 is 0 Å². The van der Waals surface area contributed by atoms with Crippen LogP contribution in [0.1, 0.15) is 33.6 Å². The average molecular weight is 210 g/mol. The number of likely N-dealkylation sites (tertiary alicyclic amines) is 1. The van der Waals surface area contributed by atoms with Crippen LogP contribution in [0.4, 0.5) is 0 Å². The van der Waals surface area contributed by atoms with Crippen molar-refractivity contribution in [2.75, 3.05) is 26.2 Å². The molecular weight excluding hydrogens is 184 g/mol. The van der Waals surface area contributed by atoms with E-state index in [9.17, 15) is 0 Å². The number of nitrogens with zero attached hydrogens (tertiary/aromatic N) is 1. The minimum absolute atomic E-state index is 0.760. The fourth-order valence-corrected chi connectivity index (χ4v) is 2.15. The van der Waals surface area contributed by atoms with Crippen molar-refractivity contribution in [3.63, 3.8) is 0 Å². The van der Waals surface area contributed by atoms with Crippen LogP contribution < -0.4 is 5.32 Å². The summed E-state index contributed by atoms with van der Waals surface area (Å²) < 4.78 is 0. The highest BCUT2D eigenvalue weighted by Gasteiger charge is 2.22. The van der Waals surface area contributed by atoms with E-state index in [0.29, 0.717) is 0 Å². The van der Waals surface area contributed by atoms with Crippen LogP contribution in [-0.2, 0) is 0 Å². The van der Waals surface area contributed by atoms with Crippen LogP contribution in [0.2, 0.25) is 0 Å². The topological polar surface area (TPSA) is 15.3 Å². The molecular formula is C13H26N2. The van der Waals surface area contributed by atoms with Crippen molar-refractivity contribution in [3.05, 3.63) is 12.2 Å². The van der Waals surface area contributed by atoms with E-state index in [0.717, 1.165) is 31.6 Å². The van der Waals surface area contributed by atoms with Crippen molar-refractivity contribution in [2.45, 2.75) is 39.7 Å². The summed E-state index contributed by atoms with van der Waals surface area (Å²) in [7, 11) is 0. The molecule has 0 radical (unpaired) electrons. The Balaban J connectivity index is 2.20. The molecule has 0 saturated carbocycles. The molecule has 1 atom stereocenters. The maximum Gasteiger partial charge on any atom is 0.0224 e. The van der Waals surface area contributed by atoms with Gasteiger partial charge in [-0.25, -0.2) is 0 Å². The first-order valence-corrected chi connectivity index (χ1v) is 6.30. The number of rotatable bonds is 6. The lowest BCUT2D eigenvalue weighted by Gasteiger charge is -2.23. The predicted molar refractivity (Wildman–Crippen MR) is 67.1 cm³/mol. The van der Waals surface area contributed by atoms with E-state index in [1.807, 2.05) is 0 Å². The third-order valence-corrected chi connectivity index (χ3v) is 3.01. The van der Waals surface area contributed by atoms with E-state index in [1.165, 1.54) is 19.4 Å². The molecule has 0 aromatic rings. The first-order chi connectivity index (χ1) is 7.24. The van der Waals surface area contributed by atoms with Crippen molar-refractivity contribution in [1.29, 1.82) is 0 Å². The van der Waals surface area contributed by atoms with Gasteiger partial charge in [-0.15, -0.1) is 0 Å². The zero-order chi connectivity index (χ0) is 11.1. The lowest BCUT2D eigenvalue weighted by Crippen LogP contribution is -2.39. The largest absolute Gasteiger partial charge is 0.315 e. The molecule has 0 bridgehead atoms. The van der Waals surface area contributed by atoms with Crippen LogP contribution in [0.15, 0.2) is 12.2 Å². The Bertz CT molecular complexity index is 187. The molecule has 1 saturated heterocycles. The van der Waals surface area contributed by atoms with Gasteiger partial charge >= 0.3 is 0 Å². The van der Waals surface area contributed by atoms with Gasteiger partial charge in [0.2, 0.25) is 0 Å². The molecule has 1 aliphatic heterocycles. The first-order valence-electron chi connectivity index (χ1n) is 6.30. The lowest BCUT2D eigenvalue weighted by atomic mass is 10.2. The Kier molecular flexibility index (Phi) is 5.96. The monoisotopic (exact) mass is 210 g/mol. The summed E-state index contributed by atoms with van der Waals surface area (Å²) in [5.41, 5.74) is 0. The van der Waals surface area contributed by atoms with Gasteiger partial charge in [0.15, 0.2) is 0 Å². The third kappa shape index (κ3) is 4.80. The minimum atomic E-state index is 0.760. The van der Waals surface area contributed by atoms with Crippen molar-refractivity contribution in [2.24, 2.45) is 5.92 Å². The molecule has 0 aromatic carbocycles. The summed E-state index contributed by atoms with van der Waals surface area (Å²) >= 11 is 0. The Morgan fingerprint density at radius 1 is 1.47 bits per heavy atom. The fraction of sp³-hybridized carbons (Fsp3) is 0.846. The molecule has 1 unspecified atom stereocenters. The van der Waals surface area contributed by atoms with Crippen LogP contribution >= 0.6 is 0 Å². The smallest absolute Gasteiger partial charge is 0.0224 e. The molecule has 1 rings (SSSR count). The van der Waals surface area contributed by atoms with Crippen LogP contribution in [0, 0.1) is 5.92 Å². The Morgan fingerprint density at radius 2 is 2.27 bits per heavy atom. The molecule has 88 valence electrons. The van der Waals surface area contributed by atoms with Crippen LogP contribution in [-0.4, -0.2) is 37.1 Å². The second-order valence-electron chi connectivity index (χ2n) is 4.91. The van der Waals surface area contributed by atoms with Gasteiger partial charge in [-0.1, -0.05) is 26.0 Å². The van der Waals surface area contributed by atoms with Crippen molar-refractivity contribution >= 4 is 0 Å². The summed E-state index contributed by atoms with van der Waals surface area (Å²) in [5.74, 6) is 0.760. The van der Waals surface area contributed by atoms with Gasteiger partial charge < -0.3 is 5.32 Å². The maximum atomic E-state index is 3.57. The SMILES string of the molecule is C/C=C/CN1CCCC1CNCC(C)C. The van der Waals surface area contributed by atoms with Crippen molar-refractivity contribution in [1.82, 2.24) is 10.2 Å². The van der Waals surface area contributed by atoms with Gasteiger partial charge in [0.1, 0.15) is 0 Å². The van der Waals surface area contributed by atoms with E-state index in [-0.39, 0.29) is 0 Å². The average Bonchev–Trinajstić information content (AvgIpc) is 2.62. The lowest BCUT2D eigenvalue weighted by molar-refractivity contribution is 0.270. The molecule has 0 spiro atoms. The Hall–Kier alpha value is -0.340. The van der Waals surface area contributed by atoms with Gasteiger partial charge in [-0.2, -0.15) is 0 Å². The van der Waals surface area contributed by atoms with Crippen molar-refractivity contribution in [3.8, 4) is 0 Å². The van der Waals surface area contributed by atoms with Crippen LogP contribution in [0.25, 0.3) is 0 Å². The molecule has 1 aliphatic rings. The number of hydrogen-bond donors (Lipinski definition) is 1. The number of allylic oxidation sites excluding steroid dienone is 1. The number of nitrogens with one attached hydrogen (secondary N) is 1. The highest BCUT2D eigenvalue weighted by atomic mass is 15.2. The highest BCUT2D eigenvalue weighted by Crippen LogP contribution is 2.16. The molecule has 15 heavy (non-hydrogen) atoms. The predicted octanol–water partition coefficient (Wildman–Crippen LogP) is 2.27. The summed E-state index contributed by atoms with van der Waals surface area (Å²) in [6, 6.07) is 0.764. The van der Waals surface area contributed by atoms with E-state index in [2.05, 4.69) is 43.1 Å². The summed E-state index contributed by atoms with van der Waals surface area (Å²) in [5, 5.41) is 3.57.